The van der Waals surface area contributed by atoms with E-state index in [2.05, 4.69) is 10.2 Å². The van der Waals surface area contributed by atoms with Crippen molar-refractivity contribution in [1.82, 2.24) is 10.2 Å². The Morgan fingerprint density at radius 3 is 3.00 bits per heavy atom. The van der Waals surface area contributed by atoms with Gasteiger partial charge in [-0.2, -0.15) is 0 Å². The van der Waals surface area contributed by atoms with Gasteiger partial charge in [0.2, 0.25) is 0 Å². The molecule has 2 N–H and O–H groups in total. The highest BCUT2D eigenvalue weighted by atomic mass is 16.3. The Bertz CT molecular complexity index is 441. The number of hydrogen-bond acceptors (Lipinski definition) is 4. The number of nitrogens with zero attached hydrogens (tertiary/aromatic N) is 1. The van der Waals surface area contributed by atoms with Crippen LogP contribution in [-0.4, -0.2) is 22.5 Å². The lowest BCUT2D eigenvalue weighted by molar-refractivity contribution is 0.101. The monoisotopic (exact) mass is 218 g/mol. The maximum absolute atomic E-state index is 11.3. The van der Waals surface area contributed by atoms with Gasteiger partial charge >= 0.3 is 0 Å². The van der Waals surface area contributed by atoms with Crippen molar-refractivity contribution in [2.75, 3.05) is 6.67 Å². The van der Waals surface area contributed by atoms with Gasteiger partial charge in [-0.05, 0) is 24.6 Å². The predicted molar refractivity (Wildman–Crippen MR) is 60.8 cm³/mol. The molecule has 0 bridgehead atoms. The van der Waals surface area contributed by atoms with Crippen molar-refractivity contribution in [3.05, 3.63) is 41.7 Å². The Hall–Kier alpha value is -1.97. The molecule has 0 fully saturated rings. The highest BCUT2D eigenvalue weighted by Gasteiger charge is 2.09. The largest absolute Gasteiger partial charge is 0.507 e. The molecule has 2 rings (SSSR count). The molecule has 0 spiro atoms. The van der Waals surface area contributed by atoms with Gasteiger partial charge < -0.3 is 15.3 Å². The number of ketones is 1. The van der Waals surface area contributed by atoms with Crippen molar-refractivity contribution in [2.24, 2.45) is 0 Å². The van der Waals surface area contributed by atoms with Crippen molar-refractivity contribution < 1.29 is 9.90 Å². The van der Waals surface area contributed by atoms with E-state index in [9.17, 15) is 9.90 Å². The first-order valence-electron chi connectivity index (χ1n) is 5.14. The topological polar surface area (TPSA) is 52.6 Å². The molecule has 0 amide bonds. The molecule has 1 aromatic rings. The molecule has 1 aromatic carbocycles. The second-order valence-electron chi connectivity index (χ2n) is 3.83. The van der Waals surface area contributed by atoms with Crippen LogP contribution in [0.2, 0.25) is 0 Å². The molecule has 16 heavy (non-hydrogen) atoms. The number of Topliss-reactive ketones (excluding diaryl/α,β-unsaturated/α-hetero) is 1. The smallest absolute Gasteiger partial charge is 0.163 e. The first-order chi connectivity index (χ1) is 7.66. The van der Waals surface area contributed by atoms with Crippen LogP contribution >= 0.6 is 0 Å². The third-order valence-corrected chi connectivity index (χ3v) is 2.52. The first-order valence-corrected chi connectivity index (χ1v) is 5.14. The van der Waals surface area contributed by atoms with Gasteiger partial charge in [-0.25, -0.2) is 0 Å². The number of hydrogen-bond donors (Lipinski definition) is 2. The van der Waals surface area contributed by atoms with E-state index in [-0.39, 0.29) is 11.5 Å². The lowest BCUT2D eigenvalue weighted by atomic mass is 10.1. The average molecular weight is 218 g/mol. The summed E-state index contributed by atoms with van der Waals surface area (Å²) in [6.45, 7) is 2.95. The van der Waals surface area contributed by atoms with E-state index < -0.39 is 0 Å². The SMILES string of the molecule is CC(=O)c1cc(CN2C=CNC2)ccc1O. The van der Waals surface area contributed by atoms with E-state index in [0.717, 1.165) is 18.8 Å². The number of nitrogens with one attached hydrogen (secondary N) is 1. The Balaban J connectivity index is 2.18. The highest BCUT2D eigenvalue weighted by molar-refractivity contribution is 5.96. The molecule has 0 unspecified atom stereocenters. The van der Waals surface area contributed by atoms with Crippen molar-refractivity contribution in [2.45, 2.75) is 13.5 Å². The minimum Gasteiger partial charge on any atom is -0.507 e. The van der Waals surface area contributed by atoms with Crippen LogP contribution in [0.15, 0.2) is 30.6 Å². The Morgan fingerprint density at radius 2 is 2.38 bits per heavy atom. The van der Waals surface area contributed by atoms with Gasteiger partial charge in [0.15, 0.2) is 5.78 Å². The van der Waals surface area contributed by atoms with E-state index in [1.54, 1.807) is 12.1 Å². The molecule has 1 heterocycles. The van der Waals surface area contributed by atoms with Crippen LogP contribution in [0.25, 0.3) is 0 Å². The van der Waals surface area contributed by atoms with Crippen molar-refractivity contribution in [1.29, 1.82) is 0 Å². The standard InChI is InChI=1S/C12H14N2O2/c1-9(15)11-6-10(2-3-12(11)16)7-14-5-4-13-8-14/h2-6,13,16H,7-8H2,1H3. The maximum Gasteiger partial charge on any atom is 0.163 e. The van der Waals surface area contributed by atoms with Crippen molar-refractivity contribution in [3.8, 4) is 5.75 Å². The third-order valence-electron chi connectivity index (χ3n) is 2.52. The van der Waals surface area contributed by atoms with Crippen LogP contribution in [0, 0.1) is 0 Å². The summed E-state index contributed by atoms with van der Waals surface area (Å²) in [6, 6.07) is 5.14. The van der Waals surface area contributed by atoms with E-state index >= 15 is 0 Å². The van der Waals surface area contributed by atoms with Crippen molar-refractivity contribution in [3.63, 3.8) is 0 Å². The molecular formula is C12H14N2O2. The Kier molecular flexibility index (Phi) is 2.81. The number of phenols is 1. The Morgan fingerprint density at radius 1 is 1.56 bits per heavy atom. The first kappa shape index (κ1) is 10.5. The molecule has 0 saturated heterocycles. The molecule has 0 atom stereocenters. The number of aromatic hydroxyl groups is 1. The van der Waals surface area contributed by atoms with Gasteiger partial charge in [0.1, 0.15) is 5.75 Å². The number of phenolic OH excluding ortho intramolecular Hbond substituents is 1. The van der Waals surface area contributed by atoms with E-state index in [4.69, 9.17) is 0 Å². The van der Waals surface area contributed by atoms with Crippen molar-refractivity contribution >= 4 is 5.78 Å². The van der Waals surface area contributed by atoms with Crippen LogP contribution in [0.3, 0.4) is 0 Å². The second kappa shape index (κ2) is 4.26. The van der Waals surface area contributed by atoms with Gasteiger partial charge in [-0.1, -0.05) is 6.07 Å². The summed E-state index contributed by atoms with van der Waals surface area (Å²) in [6.07, 6.45) is 3.84. The van der Waals surface area contributed by atoms with E-state index in [1.807, 2.05) is 18.5 Å². The molecule has 1 aliphatic rings. The predicted octanol–water partition coefficient (Wildman–Crippen LogP) is 1.43. The normalized spacial score (nSPS) is 13.9. The lowest BCUT2D eigenvalue weighted by Gasteiger charge is -2.15. The summed E-state index contributed by atoms with van der Waals surface area (Å²) in [4.78, 5) is 13.3. The number of carbonyl (C=O) groups is 1. The molecular weight excluding hydrogens is 204 g/mol. The number of carbonyl (C=O) groups excluding carboxylic acids is 1. The zero-order chi connectivity index (χ0) is 11.5. The minimum absolute atomic E-state index is 0.0475. The van der Waals surface area contributed by atoms with Crippen LogP contribution in [0.1, 0.15) is 22.8 Å². The van der Waals surface area contributed by atoms with Crippen LogP contribution in [0.4, 0.5) is 0 Å². The molecule has 84 valence electrons. The molecule has 0 aliphatic carbocycles. The van der Waals surface area contributed by atoms with Gasteiger partial charge in [0.25, 0.3) is 0 Å². The third kappa shape index (κ3) is 2.16. The van der Waals surface area contributed by atoms with Crippen LogP contribution in [0.5, 0.6) is 5.75 Å². The summed E-state index contributed by atoms with van der Waals surface area (Å²) in [5, 5.41) is 12.6. The van der Waals surface area contributed by atoms with E-state index in [1.165, 1.54) is 6.92 Å². The summed E-state index contributed by atoms with van der Waals surface area (Å²) in [5.74, 6) is -0.0687. The molecule has 1 aliphatic heterocycles. The minimum atomic E-state index is -0.116. The van der Waals surface area contributed by atoms with Gasteiger partial charge in [-0.15, -0.1) is 0 Å². The fourth-order valence-corrected chi connectivity index (χ4v) is 1.69. The fourth-order valence-electron chi connectivity index (χ4n) is 1.69. The molecule has 4 heteroatoms. The zero-order valence-electron chi connectivity index (χ0n) is 9.10. The summed E-state index contributed by atoms with van der Waals surface area (Å²) in [7, 11) is 0. The molecule has 0 saturated carbocycles. The average Bonchev–Trinajstić information content (AvgIpc) is 2.73. The number of rotatable bonds is 3. The molecule has 0 aromatic heterocycles. The molecule has 0 radical (unpaired) electrons. The lowest BCUT2D eigenvalue weighted by Crippen LogP contribution is -2.20. The van der Waals surface area contributed by atoms with E-state index in [0.29, 0.717) is 5.56 Å². The zero-order valence-corrected chi connectivity index (χ0v) is 9.10. The molecule has 4 nitrogen and oxygen atoms in total. The Labute approximate surface area is 94.2 Å². The van der Waals surface area contributed by atoms with Crippen LogP contribution < -0.4 is 5.32 Å². The second-order valence-corrected chi connectivity index (χ2v) is 3.83. The van der Waals surface area contributed by atoms with Gasteiger partial charge in [0.05, 0.1) is 12.2 Å². The summed E-state index contributed by atoms with van der Waals surface area (Å²) in [5.41, 5.74) is 1.39. The summed E-state index contributed by atoms with van der Waals surface area (Å²) >= 11 is 0. The fraction of sp³-hybridized carbons (Fsp3) is 0.250. The maximum atomic E-state index is 11.3. The quantitative estimate of drug-likeness (QED) is 0.753. The summed E-state index contributed by atoms with van der Waals surface area (Å²) < 4.78 is 0. The highest BCUT2D eigenvalue weighted by Crippen LogP contribution is 2.20. The van der Waals surface area contributed by atoms with Gasteiger partial charge in [0, 0.05) is 18.9 Å². The van der Waals surface area contributed by atoms with Gasteiger partial charge in [-0.3, -0.25) is 4.79 Å². The van der Waals surface area contributed by atoms with Crippen LogP contribution in [-0.2, 0) is 6.54 Å². The number of benzene rings is 1.